The minimum atomic E-state index is -0.926. The molecule has 0 bridgehead atoms. The van der Waals surface area contributed by atoms with E-state index in [-0.39, 0.29) is 11.6 Å². The van der Waals surface area contributed by atoms with E-state index in [1.54, 1.807) is 19.2 Å². The van der Waals surface area contributed by atoms with Crippen LogP contribution in [-0.2, 0) is 12.8 Å². The highest BCUT2D eigenvalue weighted by Crippen LogP contribution is 2.47. The van der Waals surface area contributed by atoms with Crippen molar-refractivity contribution in [3.05, 3.63) is 64.2 Å². The second-order valence-electron chi connectivity index (χ2n) is 6.28. The third-order valence-corrected chi connectivity index (χ3v) is 4.92. The number of hydrogen-bond acceptors (Lipinski definition) is 3. The van der Waals surface area contributed by atoms with Crippen molar-refractivity contribution in [3.8, 4) is 5.75 Å². The molecule has 0 saturated heterocycles. The van der Waals surface area contributed by atoms with Crippen LogP contribution in [0.2, 0.25) is 0 Å². The summed E-state index contributed by atoms with van der Waals surface area (Å²) in [6.07, 6.45) is 0.990. The molecule has 1 atom stereocenters. The molecule has 22 heavy (non-hydrogen) atoms. The van der Waals surface area contributed by atoms with Gasteiger partial charge in [0.1, 0.15) is 11.2 Å². The van der Waals surface area contributed by atoms with Crippen LogP contribution in [0.3, 0.4) is 0 Å². The zero-order valence-electron chi connectivity index (χ0n) is 12.6. The lowest BCUT2D eigenvalue weighted by atomic mass is 9.80. The maximum atomic E-state index is 12.9. The molecule has 0 amide bonds. The molecule has 0 radical (unpaired) electrons. The summed E-state index contributed by atoms with van der Waals surface area (Å²) in [5, 5.41) is 0. The standard InChI is InChI=1S/C19H16O3/c1-11-3-5-15-12(7-11)9-19(17(15)20)10-13-8-14(22-2)4-6-16(13)18(19)21/h3-8H,9-10H2,1-2H3/t19-/m1/s1. The van der Waals surface area contributed by atoms with E-state index < -0.39 is 5.41 Å². The van der Waals surface area contributed by atoms with E-state index in [4.69, 9.17) is 4.74 Å². The predicted molar refractivity (Wildman–Crippen MR) is 82.7 cm³/mol. The highest BCUT2D eigenvalue weighted by atomic mass is 16.5. The van der Waals surface area contributed by atoms with Crippen LogP contribution in [-0.4, -0.2) is 18.7 Å². The first-order valence-corrected chi connectivity index (χ1v) is 7.41. The minimum Gasteiger partial charge on any atom is -0.497 e. The first kappa shape index (κ1) is 13.3. The first-order chi connectivity index (χ1) is 10.5. The van der Waals surface area contributed by atoms with Crippen LogP contribution in [0.25, 0.3) is 0 Å². The summed E-state index contributed by atoms with van der Waals surface area (Å²) in [6.45, 7) is 2.01. The number of aryl methyl sites for hydroxylation is 1. The fourth-order valence-corrected chi connectivity index (χ4v) is 3.81. The molecule has 3 heteroatoms. The van der Waals surface area contributed by atoms with Crippen LogP contribution in [0.5, 0.6) is 5.75 Å². The Kier molecular flexibility index (Phi) is 2.59. The second kappa shape index (κ2) is 4.29. The fraction of sp³-hybridized carbons (Fsp3) is 0.263. The number of ether oxygens (including phenoxy) is 1. The summed E-state index contributed by atoms with van der Waals surface area (Å²) in [5.74, 6) is 0.661. The number of hydrogen-bond donors (Lipinski definition) is 0. The van der Waals surface area contributed by atoms with Gasteiger partial charge in [-0.3, -0.25) is 9.59 Å². The number of ketones is 2. The monoisotopic (exact) mass is 292 g/mol. The van der Waals surface area contributed by atoms with Crippen molar-refractivity contribution in [3.63, 3.8) is 0 Å². The molecule has 0 fully saturated rings. The number of carbonyl (C=O) groups excluding carboxylic acids is 2. The molecule has 2 aromatic rings. The smallest absolute Gasteiger partial charge is 0.177 e. The fourth-order valence-electron chi connectivity index (χ4n) is 3.81. The molecular weight excluding hydrogens is 276 g/mol. The SMILES string of the molecule is COc1ccc2c(c1)C[C@@]1(Cc3cc(C)ccc3C1=O)C2=O. The van der Waals surface area contributed by atoms with Crippen molar-refractivity contribution in [1.29, 1.82) is 0 Å². The molecule has 1 spiro atoms. The van der Waals surface area contributed by atoms with Gasteiger partial charge in [-0.15, -0.1) is 0 Å². The van der Waals surface area contributed by atoms with Gasteiger partial charge in [-0.25, -0.2) is 0 Å². The Morgan fingerprint density at radius 1 is 0.909 bits per heavy atom. The zero-order valence-corrected chi connectivity index (χ0v) is 12.6. The minimum absolute atomic E-state index is 0.0253. The number of fused-ring (bicyclic) bond motifs is 2. The Morgan fingerprint density at radius 3 is 2.14 bits per heavy atom. The molecule has 3 nitrogen and oxygen atoms in total. The van der Waals surface area contributed by atoms with Crippen LogP contribution in [0.1, 0.15) is 37.4 Å². The summed E-state index contributed by atoms with van der Waals surface area (Å²) < 4.78 is 5.23. The summed E-state index contributed by atoms with van der Waals surface area (Å²) in [4.78, 5) is 25.8. The van der Waals surface area contributed by atoms with E-state index in [9.17, 15) is 9.59 Å². The van der Waals surface area contributed by atoms with Crippen LogP contribution < -0.4 is 4.74 Å². The summed E-state index contributed by atoms with van der Waals surface area (Å²) in [5.41, 5.74) is 3.48. The lowest BCUT2D eigenvalue weighted by molar-refractivity contribution is 0.0705. The zero-order chi connectivity index (χ0) is 15.5. The van der Waals surface area contributed by atoms with Gasteiger partial charge in [0.2, 0.25) is 0 Å². The van der Waals surface area contributed by atoms with Gasteiger partial charge in [-0.2, -0.15) is 0 Å². The molecule has 110 valence electrons. The van der Waals surface area contributed by atoms with Crippen LogP contribution >= 0.6 is 0 Å². The Morgan fingerprint density at radius 2 is 1.50 bits per heavy atom. The molecule has 0 N–H and O–H groups in total. The number of rotatable bonds is 1. The van der Waals surface area contributed by atoms with Crippen molar-refractivity contribution in [2.75, 3.05) is 7.11 Å². The second-order valence-corrected chi connectivity index (χ2v) is 6.28. The van der Waals surface area contributed by atoms with Crippen LogP contribution in [0.15, 0.2) is 36.4 Å². The molecular formula is C19H16O3. The highest BCUT2D eigenvalue weighted by molar-refractivity contribution is 6.24. The number of carbonyl (C=O) groups is 2. The molecule has 4 rings (SSSR count). The van der Waals surface area contributed by atoms with Crippen molar-refractivity contribution in [2.45, 2.75) is 19.8 Å². The molecule has 2 aromatic carbocycles. The van der Waals surface area contributed by atoms with E-state index in [0.29, 0.717) is 24.0 Å². The van der Waals surface area contributed by atoms with Gasteiger partial charge >= 0.3 is 0 Å². The van der Waals surface area contributed by atoms with E-state index in [1.165, 1.54) is 0 Å². The number of Topliss-reactive ketones (excluding diaryl/α,β-unsaturated/α-hetero) is 2. The van der Waals surface area contributed by atoms with Crippen molar-refractivity contribution in [2.24, 2.45) is 5.41 Å². The third-order valence-electron chi connectivity index (χ3n) is 4.92. The van der Waals surface area contributed by atoms with Crippen molar-refractivity contribution >= 4 is 11.6 Å². The van der Waals surface area contributed by atoms with E-state index in [1.807, 2.05) is 31.2 Å². The number of methoxy groups -OCH3 is 1. The molecule has 2 aliphatic carbocycles. The highest BCUT2D eigenvalue weighted by Gasteiger charge is 2.55. The normalized spacial score (nSPS) is 22.1. The van der Waals surface area contributed by atoms with E-state index in [2.05, 4.69) is 0 Å². The van der Waals surface area contributed by atoms with Gasteiger partial charge < -0.3 is 4.74 Å². The first-order valence-electron chi connectivity index (χ1n) is 7.41. The Bertz CT molecular complexity index is 835. The van der Waals surface area contributed by atoms with E-state index in [0.717, 1.165) is 22.4 Å². The molecule has 0 unspecified atom stereocenters. The average Bonchev–Trinajstić information content (AvgIpc) is 2.94. The van der Waals surface area contributed by atoms with Gasteiger partial charge in [-0.1, -0.05) is 23.8 Å². The topological polar surface area (TPSA) is 43.4 Å². The lowest BCUT2D eigenvalue weighted by Crippen LogP contribution is -2.34. The van der Waals surface area contributed by atoms with Gasteiger partial charge in [0.15, 0.2) is 11.6 Å². The Labute approximate surface area is 128 Å². The predicted octanol–water partition coefficient (Wildman–Crippen LogP) is 3.17. The maximum absolute atomic E-state index is 12.9. The molecule has 0 saturated carbocycles. The largest absolute Gasteiger partial charge is 0.497 e. The summed E-state index contributed by atoms with van der Waals surface area (Å²) in [7, 11) is 1.60. The van der Waals surface area contributed by atoms with E-state index >= 15 is 0 Å². The maximum Gasteiger partial charge on any atom is 0.177 e. The Hall–Kier alpha value is -2.42. The number of benzene rings is 2. The lowest BCUT2D eigenvalue weighted by Gasteiger charge is -2.18. The third kappa shape index (κ3) is 1.56. The summed E-state index contributed by atoms with van der Waals surface area (Å²) in [6, 6.07) is 11.3. The summed E-state index contributed by atoms with van der Waals surface area (Å²) >= 11 is 0. The van der Waals surface area contributed by atoms with Crippen LogP contribution in [0, 0.1) is 12.3 Å². The van der Waals surface area contributed by atoms with Gasteiger partial charge in [-0.05, 0) is 49.1 Å². The van der Waals surface area contributed by atoms with Gasteiger partial charge in [0.05, 0.1) is 7.11 Å². The quantitative estimate of drug-likeness (QED) is 0.758. The van der Waals surface area contributed by atoms with Crippen LogP contribution in [0.4, 0.5) is 0 Å². The molecule has 2 aliphatic rings. The molecule has 0 aliphatic heterocycles. The van der Waals surface area contributed by atoms with Gasteiger partial charge in [0.25, 0.3) is 0 Å². The molecule has 0 aromatic heterocycles. The average molecular weight is 292 g/mol. The van der Waals surface area contributed by atoms with Crippen molar-refractivity contribution < 1.29 is 14.3 Å². The Balaban J connectivity index is 1.82. The van der Waals surface area contributed by atoms with Gasteiger partial charge in [0, 0.05) is 11.1 Å². The molecule has 0 heterocycles. The van der Waals surface area contributed by atoms with Crippen molar-refractivity contribution in [1.82, 2.24) is 0 Å².